The van der Waals surface area contributed by atoms with Gasteiger partial charge in [-0.3, -0.25) is 9.59 Å². The van der Waals surface area contributed by atoms with Crippen molar-refractivity contribution in [3.05, 3.63) is 48.6 Å². The molecule has 5 nitrogen and oxygen atoms in total. The van der Waals surface area contributed by atoms with Crippen molar-refractivity contribution in [2.75, 3.05) is 6.61 Å². The van der Waals surface area contributed by atoms with Crippen LogP contribution < -0.4 is 0 Å². The number of hydrogen-bond donors (Lipinski definition) is 3. The molecule has 2 atom stereocenters. The minimum atomic E-state index is -2.52. The normalized spacial score (nSPS) is 14.3. The summed E-state index contributed by atoms with van der Waals surface area (Å²) in [6.07, 6.45) is 42.4. The lowest BCUT2D eigenvalue weighted by atomic mass is 9.83. The minimum Gasteiger partial charge on any atom is -0.394 e. The second kappa shape index (κ2) is 33.1. The Labute approximate surface area is 283 Å². The van der Waals surface area contributed by atoms with E-state index in [0.29, 0.717) is 19.3 Å². The predicted octanol–water partition coefficient (Wildman–Crippen LogP) is 10.6. The minimum absolute atomic E-state index is 0.0177. The van der Waals surface area contributed by atoms with Gasteiger partial charge in [-0.25, -0.2) is 0 Å². The van der Waals surface area contributed by atoms with E-state index in [2.05, 4.69) is 50.3 Å². The highest BCUT2D eigenvalue weighted by atomic mass is 16.4. The van der Waals surface area contributed by atoms with Gasteiger partial charge in [-0.05, 0) is 51.4 Å². The molecule has 0 aromatic rings. The van der Waals surface area contributed by atoms with Crippen molar-refractivity contribution in [3.8, 4) is 0 Å². The molecule has 0 saturated carbocycles. The van der Waals surface area contributed by atoms with Crippen molar-refractivity contribution in [1.29, 1.82) is 0 Å². The van der Waals surface area contributed by atoms with E-state index in [9.17, 15) is 24.9 Å². The van der Waals surface area contributed by atoms with E-state index in [1.54, 1.807) is 0 Å². The smallest absolute Gasteiger partial charge is 0.209 e. The van der Waals surface area contributed by atoms with Gasteiger partial charge in [0.1, 0.15) is 6.10 Å². The zero-order valence-corrected chi connectivity index (χ0v) is 29.9. The van der Waals surface area contributed by atoms with Gasteiger partial charge in [-0.2, -0.15) is 0 Å². The van der Waals surface area contributed by atoms with Gasteiger partial charge in [0, 0.05) is 12.8 Å². The van der Waals surface area contributed by atoms with E-state index < -0.39 is 29.9 Å². The maximum Gasteiger partial charge on any atom is 0.209 e. The summed E-state index contributed by atoms with van der Waals surface area (Å²) < 4.78 is 0. The third kappa shape index (κ3) is 24.4. The SMILES string of the molecule is CCCCC/C=C\C/C=C\C/C=C\C/C=C\CCCC(=O)[C@@](O)(C(=O)CCCCCCCCCCCCCCCCC)[C@@H](O)CO. The van der Waals surface area contributed by atoms with Crippen LogP contribution in [0.1, 0.15) is 181 Å². The van der Waals surface area contributed by atoms with Crippen LogP contribution in [0.15, 0.2) is 48.6 Å². The monoisotopic (exact) mass is 645 g/mol. The van der Waals surface area contributed by atoms with Crippen LogP contribution in [0.4, 0.5) is 0 Å². The first-order valence-corrected chi connectivity index (χ1v) is 19.1. The van der Waals surface area contributed by atoms with E-state index in [1.807, 2.05) is 12.2 Å². The molecule has 0 aromatic heterocycles. The summed E-state index contributed by atoms with van der Waals surface area (Å²) in [5.41, 5.74) is -2.52. The predicted molar refractivity (Wildman–Crippen MR) is 196 cm³/mol. The lowest BCUT2D eigenvalue weighted by Gasteiger charge is -2.29. The number of aliphatic hydroxyl groups is 3. The van der Waals surface area contributed by atoms with Crippen LogP contribution in [0, 0.1) is 0 Å². The van der Waals surface area contributed by atoms with E-state index in [0.717, 1.165) is 38.5 Å². The summed E-state index contributed by atoms with van der Waals surface area (Å²) in [5.74, 6) is -1.37. The van der Waals surface area contributed by atoms with Crippen LogP contribution in [0.25, 0.3) is 0 Å². The molecule has 0 bridgehead atoms. The molecule has 266 valence electrons. The Morgan fingerprint density at radius 2 is 0.826 bits per heavy atom. The standard InChI is InChI=1S/C41H72O5/c1-3-5-7-9-11-13-15-17-19-20-22-24-26-28-30-32-34-36-39(44)41(46,40(45)37-42)38(43)35-33-31-29-27-25-23-21-18-16-14-12-10-8-6-4-2/h11,13,17,19,22,24,28,30,40,42,45-46H,3-10,12,14-16,18,20-21,23,25-27,29,31-37H2,1-2H3/b13-11-,19-17-,24-22-,30-28-/t40-,41-/m0/s1. The van der Waals surface area contributed by atoms with E-state index in [-0.39, 0.29) is 12.8 Å². The molecule has 0 saturated heterocycles. The number of hydrogen-bond acceptors (Lipinski definition) is 5. The van der Waals surface area contributed by atoms with Crippen molar-refractivity contribution in [3.63, 3.8) is 0 Å². The third-order valence-corrected chi connectivity index (χ3v) is 8.74. The van der Waals surface area contributed by atoms with Crippen LogP contribution >= 0.6 is 0 Å². The summed E-state index contributed by atoms with van der Waals surface area (Å²) in [7, 11) is 0. The average molecular weight is 645 g/mol. The number of rotatable bonds is 34. The zero-order valence-electron chi connectivity index (χ0n) is 29.9. The molecule has 0 aliphatic rings. The molecule has 0 fully saturated rings. The van der Waals surface area contributed by atoms with Crippen molar-refractivity contribution >= 4 is 11.6 Å². The number of unbranched alkanes of at least 4 members (excludes halogenated alkanes) is 18. The molecule has 0 spiro atoms. The molecule has 0 aliphatic heterocycles. The summed E-state index contributed by atoms with van der Waals surface area (Å²) >= 11 is 0. The van der Waals surface area contributed by atoms with E-state index in [4.69, 9.17) is 0 Å². The first kappa shape index (κ1) is 44.2. The van der Waals surface area contributed by atoms with Crippen LogP contribution in [-0.4, -0.2) is 45.2 Å². The number of carbonyl (C=O) groups excluding carboxylic acids is 2. The molecule has 0 aromatic carbocycles. The lowest BCUT2D eigenvalue weighted by molar-refractivity contribution is -0.166. The molecule has 3 N–H and O–H groups in total. The van der Waals surface area contributed by atoms with Gasteiger partial charge in [0.05, 0.1) is 6.61 Å². The fraction of sp³-hybridized carbons (Fsp3) is 0.756. The van der Waals surface area contributed by atoms with Crippen molar-refractivity contribution in [2.24, 2.45) is 0 Å². The topological polar surface area (TPSA) is 94.8 Å². The van der Waals surface area contributed by atoms with Gasteiger partial charge < -0.3 is 15.3 Å². The molecular weight excluding hydrogens is 572 g/mol. The molecule has 0 aliphatic carbocycles. The fourth-order valence-electron chi connectivity index (χ4n) is 5.64. The number of Topliss-reactive ketones (excluding diaryl/α,β-unsaturated/α-hetero) is 2. The summed E-state index contributed by atoms with van der Waals surface area (Å²) in [5, 5.41) is 30.6. The molecule has 0 unspecified atom stereocenters. The second-order valence-corrected chi connectivity index (χ2v) is 13.0. The first-order valence-electron chi connectivity index (χ1n) is 19.1. The van der Waals surface area contributed by atoms with Crippen molar-refractivity contribution in [2.45, 2.75) is 192 Å². The van der Waals surface area contributed by atoms with E-state index >= 15 is 0 Å². The molecular formula is C41H72O5. The van der Waals surface area contributed by atoms with Crippen LogP contribution in [0.5, 0.6) is 0 Å². The number of ketones is 2. The highest BCUT2D eigenvalue weighted by Gasteiger charge is 2.48. The Morgan fingerprint density at radius 3 is 1.24 bits per heavy atom. The average Bonchev–Trinajstić information content (AvgIpc) is 3.06. The van der Waals surface area contributed by atoms with E-state index in [1.165, 1.54) is 96.3 Å². The van der Waals surface area contributed by atoms with Gasteiger partial charge in [0.25, 0.3) is 0 Å². The Hall–Kier alpha value is -1.82. The number of allylic oxidation sites excluding steroid dienone is 8. The van der Waals surface area contributed by atoms with Gasteiger partial charge in [-0.1, -0.05) is 165 Å². The van der Waals surface area contributed by atoms with Gasteiger partial charge in [0.2, 0.25) is 5.60 Å². The van der Waals surface area contributed by atoms with Crippen molar-refractivity contribution in [1.82, 2.24) is 0 Å². The Balaban J connectivity index is 4.10. The molecule has 0 heterocycles. The maximum atomic E-state index is 12.9. The zero-order chi connectivity index (χ0) is 34.0. The molecule has 5 heteroatoms. The quantitative estimate of drug-likeness (QED) is 0.0368. The molecule has 0 rings (SSSR count). The molecule has 46 heavy (non-hydrogen) atoms. The Morgan fingerprint density at radius 1 is 0.500 bits per heavy atom. The number of carbonyl (C=O) groups is 2. The van der Waals surface area contributed by atoms with Crippen molar-refractivity contribution < 1.29 is 24.9 Å². The molecule has 0 radical (unpaired) electrons. The maximum absolute atomic E-state index is 12.9. The van der Waals surface area contributed by atoms with Gasteiger partial charge >= 0.3 is 0 Å². The first-order chi connectivity index (χ1) is 22.4. The van der Waals surface area contributed by atoms with Crippen LogP contribution in [-0.2, 0) is 9.59 Å². The van der Waals surface area contributed by atoms with Crippen LogP contribution in [0.3, 0.4) is 0 Å². The summed E-state index contributed by atoms with van der Waals surface area (Å²) in [6, 6.07) is 0. The fourth-order valence-corrected chi connectivity index (χ4v) is 5.64. The van der Waals surface area contributed by atoms with Crippen LogP contribution in [0.2, 0.25) is 0 Å². The lowest BCUT2D eigenvalue weighted by Crippen LogP contribution is -2.57. The third-order valence-electron chi connectivity index (χ3n) is 8.74. The Bertz CT molecular complexity index is 827. The number of aliphatic hydroxyl groups excluding tert-OH is 2. The van der Waals surface area contributed by atoms with Gasteiger partial charge in [0.15, 0.2) is 11.6 Å². The largest absolute Gasteiger partial charge is 0.394 e. The van der Waals surface area contributed by atoms with Gasteiger partial charge in [-0.15, -0.1) is 0 Å². The molecule has 0 amide bonds. The summed E-state index contributed by atoms with van der Waals surface area (Å²) in [4.78, 5) is 25.7. The highest BCUT2D eigenvalue weighted by Crippen LogP contribution is 2.22. The summed E-state index contributed by atoms with van der Waals surface area (Å²) in [6.45, 7) is 3.65. The second-order valence-electron chi connectivity index (χ2n) is 13.0. The highest BCUT2D eigenvalue weighted by molar-refractivity contribution is 6.10. The Kier molecular flexibility index (Phi) is 31.8.